The lowest BCUT2D eigenvalue weighted by atomic mass is 9.59. The minimum Gasteiger partial charge on any atom is -0.508 e. The Hall–Kier alpha value is -4.32. The Morgan fingerprint density at radius 1 is 1.26 bits per heavy atom. The number of nitrogens with two attached hydrogens (primary N) is 1. The van der Waals surface area contributed by atoms with Gasteiger partial charge in [-0.15, -0.1) is 6.58 Å². The monoisotopic (exact) mass is 527 g/mol. The molecule has 1 saturated carbocycles. The molecule has 38 heavy (non-hydrogen) atoms. The minimum absolute atomic E-state index is 0.0200. The third-order valence-electron chi connectivity index (χ3n) is 7.31. The summed E-state index contributed by atoms with van der Waals surface area (Å²) in [5.41, 5.74) is 2.20. The van der Waals surface area contributed by atoms with Gasteiger partial charge in [0.15, 0.2) is 17.1 Å². The molecule has 4 rings (SSSR count). The van der Waals surface area contributed by atoms with E-state index in [0.717, 1.165) is 0 Å². The maximum absolute atomic E-state index is 13.6. The molecule has 0 spiro atoms. The predicted molar refractivity (Wildman–Crippen MR) is 135 cm³/mol. The summed E-state index contributed by atoms with van der Waals surface area (Å²) in [5, 5.41) is 46.8. The average molecular weight is 528 g/mol. The Kier molecular flexibility index (Phi) is 6.70. The van der Waals surface area contributed by atoms with E-state index >= 15 is 0 Å². The molecule has 1 aromatic carbocycles. The quantitative estimate of drug-likeness (QED) is 0.137. The molecule has 7 N–H and O–H groups in total. The van der Waals surface area contributed by atoms with Crippen LogP contribution in [0.2, 0.25) is 0 Å². The van der Waals surface area contributed by atoms with E-state index in [1.807, 2.05) is 0 Å². The van der Waals surface area contributed by atoms with Crippen molar-refractivity contribution >= 4 is 40.7 Å². The standard InChI is InChI=1S/C26H29N3O9/c1-4-5-6-38-25(36)28-14-10-15(29(2)3)13-8-11-7-12-9-16(30)19(24(27)35)23(34)26(12,37)22(33)17(11)21(32)18(13)20(14)31/h4,10-12,31-32,34,37H,1,5-9H2,2-3H3,(H2,27,35)(H,28,36)/t11-,12+,26+/m0/s1. The number of fused-ring (bicyclic) bond motifs is 3. The Morgan fingerprint density at radius 3 is 2.55 bits per heavy atom. The van der Waals surface area contributed by atoms with Crippen molar-refractivity contribution in [2.24, 2.45) is 17.6 Å². The van der Waals surface area contributed by atoms with E-state index in [2.05, 4.69) is 11.9 Å². The molecule has 0 unspecified atom stereocenters. The molecule has 0 saturated heterocycles. The van der Waals surface area contributed by atoms with Gasteiger partial charge in [0.1, 0.15) is 17.1 Å². The first-order valence-corrected chi connectivity index (χ1v) is 11.9. The molecule has 0 radical (unpaired) electrons. The number of amides is 2. The van der Waals surface area contributed by atoms with Crippen molar-refractivity contribution in [3.05, 3.63) is 46.8 Å². The van der Waals surface area contributed by atoms with Gasteiger partial charge in [0, 0.05) is 37.7 Å². The molecule has 12 heteroatoms. The van der Waals surface area contributed by atoms with Crippen LogP contribution >= 0.6 is 0 Å². The van der Waals surface area contributed by atoms with Crippen LogP contribution in [0.15, 0.2) is 35.6 Å². The van der Waals surface area contributed by atoms with Crippen LogP contribution in [-0.2, 0) is 25.5 Å². The Bertz CT molecular complexity index is 1340. The van der Waals surface area contributed by atoms with Gasteiger partial charge in [-0.2, -0.15) is 0 Å². The summed E-state index contributed by atoms with van der Waals surface area (Å²) in [6.07, 6.45) is 0.878. The lowest BCUT2D eigenvalue weighted by molar-refractivity contribution is -0.147. The van der Waals surface area contributed by atoms with Crippen LogP contribution in [-0.4, -0.2) is 70.3 Å². The normalized spacial score (nSPS) is 24.3. The number of nitrogens with one attached hydrogen (secondary N) is 1. The largest absolute Gasteiger partial charge is 0.508 e. The molecule has 3 aliphatic rings. The number of ether oxygens (including phenoxy) is 1. The van der Waals surface area contributed by atoms with Crippen molar-refractivity contribution in [2.75, 3.05) is 30.9 Å². The highest BCUT2D eigenvalue weighted by Gasteiger charge is 2.60. The molecule has 1 fully saturated rings. The summed E-state index contributed by atoms with van der Waals surface area (Å²) in [6, 6.07) is 1.50. The van der Waals surface area contributed by atoms with E-state index in [9.17, 15) is 39.6 Å². The number of ketones is 2. The number of hydrogen-bond donors (Lipinski definition) is 6. The Morgan fingerprint density at radius 2 is 1.95 bits per heavy atom. The fraction of sp³-hybridized carbons (Fsp3) is 0.385. The van der Waals surface area contributed by atoms with Crippen LogP contribution in [0.4, 0.5) is 16.2 Å². The number of rotatable bonds is 6. The van der Waals surface area contributed by atoms with Crippen LogP contribution in [0.5, 0.6) is 5.75 Å². The van der Waals surface area contributed by atoms with Gasteiger partial charge in [-0.3, -0.25) is 19.7 Å². The number of Topliss-reactive ketones (excluding diaryl/α,β-unsaturated/α-hetero) is 2. The number of nitrogens with zero attached hydrogens (tertiary/aromatic N) is 1. The lowest BCUT2D eigenvalue weighted by Gasteiger charge is -2.46. The zero-order valence-electron chi connectivity index (χ0n) is 20.9. The van der Waals surface area contributed by atoms with Gasteiger partial charge < -0.3 is 35.8 Å². The van der Waals surface area contributed by atoms with Crippen molar-refractivity contribution in [1.82, 2.24) is 0 Å². The second kappa shape index (κ2) is 9.53. The van der Waals surface area contributed by atoms with E-state index in [4.69, 9.17) is 10.5 Å². The highest BCUT2D eigenvalue weighted by Crippen LogP contribution is 2.54. The molecule has 3 atom stereocenters. The first-order chi connectivity index (χ1) is 17.8. The van der Waals surface area contributed by atoms with Gasteiger partial charge in [-0.1, -0.05) is 6.08 Å². The first-order valence-electron chi connectivity index (χ1n) is 11.9. The number of primary amides is 1. The Balaban J connectivity index is 1.86. The summed E-state index contributed by atoms with van der Waals surface area (Å²) >= 11 is 0. The molecule has 3 aliphatic carbocycles. The Labute approximate surface area is 217 Å². The number of anilines is 2. The van der Waals surface area contributed by atoms with Crippen molar-refractivity contribution < 1.29 is 44.3 Å². The number of phenols is 1. The average Bonchev–Trinajstić information content (AvgIpc) is 2.82. The second-order valence-corrected chi connectivity index (χ2v) is 9.78. The minimum atomic E-state index is -2.65. The van der Waals surface area contributed by atoms with Crippen molar-refractivity contribution in [2.45, 2.75) is 31.3 Å². The number of benzene rings is 1. The zero-order chi connectivity index (χ0) is 28.1. The van der Waals surface area contributed by atoms with Crippen LogP contribution in [0.3, 0.4) is 0 Å². The summed E-state index contributed by atoms with van der Waals surface area (Å²) < 4.78 is 5.03. The second-order valence-electron chi connectivity index (χ2n) is 9.78. The summed E-state index contributed by atoms with van der Waals surface area (Å²) in [7, 11) is 3.43. The summed E-state index contributed by atoms with van der Waals surface area (Å²) in [6.45, 7) is 3.60. The number of carbonyl (C=O) groups excluding carboxylic acids is 4. The summed E-state index contributed by atoms with van der Waals surface area (Å²) in [5.74, 6) is -7.22. The number of aliphatic hydroxyl groups is 3. The molecule has 0 bridgehead atoms. The molecular weight excluding hydrogens is 498 g/mol. The van der Waals surface area contributed by atoms with E-state index in [0.29, 0.717) is 17.7 Å². The number of hydrogen-bond acceptors (Lipinski definition) is 10. The highest BCUT2D eigenvalue weighted by molar-refractivity contribution is 6.22. The van der Waals surface area contributed by atoms with Crippen LogP contribution in [0, 0.1) is 11.8 Å². The van der Waals surface area contributed by atoms with Gasteiger partial charge in [-0.25, -0.2) is 4.79 Å². The molecular formula is C26H29N3O9. The number of phenolic OH excluding ortho intramolecular Hbond substituents is 1. The molecule has 12 nitrogen and oxygen atoms in total. The maximum Gasteiger partial charge on any atom is 0.411 e. The number of aliphatic hydroxyl groups excluding tert-OH is 2. The van der Waals surface area contributed by atoms with Crippen LogP contribution in [0.25, 0.3) is 5.76 Å². The van der Waals surface area contributed by atoms with Crippen molar-refractivity contribution in [1.29, 1.82) is 0 Å². The third-order valence-corrected chi connectivity index (χ3v) is 7.31. The SMILES string of the molecule is C=CCCOC(=O)Nc1cc(N(C)C)c2c(c1O)C(O)=C1C(=O)[C@@]3(O)C(O)=C(C(N)=O)C(=O)C[C@H]3C[C@H]1C2. The van der Waals surface area contributed by atoms with Gasteiger partial charge in [0.05, 0.1) is 17.9 Å². The van der Waals surface area contributed by atoms with E-state index in [1.165, 1.54) is 6.07 Å². The molecule has 0 heterocycles. The first kappa shape index (κ1) is 26.7. The van der Waals surface area contributed by atoms with Crippen molar-refractivity contribution in [3.8, 4) is 5.75 Å². The van der Waals surface area contributed by atoms with Crippen molar-refractivity contribution in [3.63, 3.8) is 0 Å². The number of carbonyl (C=O) groups is 4. The predicted octanol–water partition coefficient (Wildman–Crippen LogP) is 1.61. The summed E-state index contributed by atoms with van der Waals surface area (Å²) in [4.78, 5) is 51.8. The molecule has 202 valence electrons. The smallest absolute Gasteiger partial charge is 0.411 e. The van der Waals surface area contributed by atoms with Gasteiger partial charge >= 0.3 is 6.09 Å². The molecule has 0 aliphatic heterocycles. The lowest BCUT2D eigenvalue weighted by Crippen LogP contribution is -2.58. The van der Waals surface area contributed by atoms with Gasteiger partial charge in [0.2, 0.25) is 5.78 Å². The van der Waals surface area contributed by atoms with Crippen LogP contribution < -0.4 is 16.0 Å². The van der Waals surface area contributed by atoms with E-state index < -0.39 is 70.3 Å². The molecule has 1 aromatic rings. The maximum atomic E-state index is 13.6. The molecule has 2 amide bonds. The molecule has 0 aromatic heterocycles. The van der Waals surface area contributed by atoms with E-state index in [-0.39, 0.29) is 36.3 Å². The van der Waals surface area contributed by atoms with E-state index in [1.54, 1.807) is 25.1 Å². The third kappa shape index (κ3) is 3.97. The number of aromatic hydroxyl groups is 1. The van der Waals surface area contributed by atoms with Crippen LogP contribution in [0.1, 0.15) is 30.4 Å². The highest BCUT2D eigenvalue weighted by atomic mass is 16.5. The zero-order valence-corrected chi connectivity index (χ0v) is 20.9. The topological polar surface area (TPSA) is 200 Å². The van der Waals surface area contributed by atoms with Gasteiger partial charge in [0.25, 0.3) is 5.91 Å². The fourth-order valence-electron chi connectivity index (χ4n) is 5.54. The fourth-order valence-corrected chi connectivity index (χ4v) is 5.54. The van der Waals surface area contributed by atoms with Gasteiger partial charge in [-0.05, 0) is 36.8 Å².